The number of hydrogen-bond donors (Lipinski definition) is 0. The van der Waals surface area contributed by atoms with Gasteiger partial charge in [-0.25, -0.2) is 5.32 Å². The Hall–Kier alpha value is -0.0400. The van der Waals surface area contributed by atoms with Crippen LogP contribution < -0.4 is 5.32 Å². The van der Waals surface area contributed by atoms with Crippen molar-refractivity contribution >= 4 is 0 Å². The molecule has 0 aromatic carbocycles. The van der Waals surface area contributed by atoms with E-state index in [1.54, 1.807) is 0 Å². The minimum atomic E-state index is 0.722. The fourth-order valence-electron chi connectivity index (χ4n) is 1.03. The third-order valence-electron chi connectivity index (χ3n) is 1.55. The molecule has 7 heavy (non-hydrogen) atoms. The van der Waals surface area contributed by atoms with Gasteiger partial charge in [-0.05, 0) is 19.3 Å². The smallest absolute Gasteiger partial charge is 0.0243 e. The zero-order valence-electron chi connectivity index (χ0n) is 4.85. The SMILES string of the molecule is CC[C@@H]1CCC[N]1. The average Bonchev–Trinajstić information content (AvgIpc) is 2.14. The molecule has 0 unspecified atom stereocenters. The molecule has 1 nitrogen and oxygen atoms in total. The second kappa shape index (κ2) is 2.31. The molecule has 1 rings (SSSR count). The number of hydrogen-bond acceptors (Lipinski definition) is 0. The lowest BCUT2D eigenvalue weighted by molar-refractivity contribution is 0.578. The van der Waals surface area contributed by atoms with Crippen molar-refractivity contribution in [2.24, 2.45) is 0 Å². The Morgan fingerprint density at radius 3 is 2.86 bits per heavy atom. The van der Waals surface area contributed by atoms with Crippen LogP contribution in [0, 0.1) is 0 Å². The van der Waals surface area contributed by atoms with E-state index in [4.69, 9.17) is 0 Å². The van der Waals surface area contributed by atoms with Gasteiger partial charge < -0.3 is 0 Å². The van der Waals surface area contributed by atoms with Crippen LogP contribution in [0.5, 0.6) is 0 Å². The summed E-state index contributed by atoms with van der Waals surface area (Å²) >= 11 is 0. The Labute approximate surface area is 45.1 Å². The molecule has 1 aliphatic rings. The van der Waals surface area contributed by atoms with Gasteiger partial charge in [0.05, 0.1) is 0 Å². The molecule has 0 bridgehead atoms. The van der Waals surface area contributed by atoms with Crippen LogP contribution in [-0.4, -0.2) is 12.6 Å². The monoisotopic (exact) mass is 98.1 g/mol. The van der Waals surface area contributed by atoms with Crippen molar-refractivity contribution in [2.45, 2.75) is 32.2 Å². The number of nitrogens with zero attached hydrogens (tertiary/aromatic N) is 1. The molecule has 0 aromatic heterocycles. The first-order valence-electron chi connectivity index (χ1n) is 3.10. The minimum Gasteiger partial charge on any atom is -0.238 e. The third-order valence-corrected chi connectivity index (χ3v) is 1.55. The van der Waals surface area contributed by atoms with Crippen LogP contribution in [0.4, 0.5) is 0 Å². The summed E-state index contributed by atoms with van der Waals surface area (Å²) in [5, 5.41) is 4.35. The highest BCUT2D eigenvalue weighted by Gasteiger charge is 2.11. The molecule has 0 aliphatic carbocycles. The standard InChI is InChI=1S/C6H12N/c1-2-6-4-3-5-7-6/h6H,2-5H2,1H3/t6-/m1/s1. The van der Waals surface area contributed by atoms with Gasteiger partial charge in [-0.15, -0.1) is 0 Å². The zero-order valence-corrected chi connectivity index (χ0v) is 4.85. The summed E-state index contributed by atoms with van der Waals surface area (Å²) in [7, 11) is 0. The van der Waals surface area contributed by atoms with E-state index in [1.165, 1.54) is 19.3 Å². The summed E-state index contributed by atoms with van der Waals surface area (Å²) in [5.74, 6) is 0. The van der Waals surface area contributed by atoms with Crippen LogP contribution in [0.25, 0.3) is 0 Å². The highest BCUT2D eigenvalue weighted by Crippen LogP contribution is 2.08. The largest absolute Gasteiger partial charge is 0.238 e. The van der Waals surface area contributed by atoms with Crippen molar-refractivity contribution in [3.05, 3.63) is 0 Å². The van der Waals surface area contributed by atoms with Crippen LogP contribution in [0.2, 0.25) is 0 Å². The van der Waals surface area contributed by atoms with E-state index in [0.717, 1.165) is 12.6 Å². The summed E-state index contributed by atoms with van der Waals surface area (Å²) < 4.78 is 0. The van der Waals surface area contributed by atoms with Crippen molar-refractivity contribution in [3.8, 4) is 0 Å². The average molecular weight is 98.2 g/mol. The predicted octanol–water partition coefficient (Wildman–Crippen LogP) is 1.16. The lowest BCUT2D eigenvalue weighted by Crippen LogP contribution is -2.11. The van der Waals surface area contributed by atoms with E-state index < -0.39 is 0 Å². The molecule has 1 heterocycles. The Kier molecular flexibility index (Phi) is 1.69. The van der Waals surface area contributed by atoms with Gasteiger partial charge in [0.25, 0.3) is 0 Å². The van der Waals surface area contributed by atoms with E-state index in [-0.39, 0.29) is 0 Å². The maximum absolute atomic E-state index is 4.35. The normalized spacial score (nSPS) is 31.3. The molecule has 0 amide bonds. The molecule has 1 saturated heterocycles. The summed E-state index contributed by atoms with van der Waals surface area (Å²) in [6.45, 7) is 3.33. The molecule has 41 valence electrons. The van der Waals surface area contributed by atoms with E-state index in [1.807, 2.05) is 0 Å². The second-order valence-corrected chi connectivity index (χ2v) is 2.11. The van der Waals surface area contributed by atoms with E-state index >= 15 is 0 Å². The fourth-order valence-corrected chi connectivity index (χ4v) is 1.03. The lowest BCUT2D eigenvalue weighted by Gasteiger charge is -1.99. The van der Waals surface area contributed by atoms with Gasteiger partial charge in [-0.1, -0.05) is 6.92 Å². The van der Waals surface area contributed by atoms with Crippen LogP contribution in [-0.2, 0) is 0 Å². The summed E-state index contributed by atoms with van der Waals surface area (Å²) in [5.41, 5.74) is 0. The summed E-state index contributed by atoms with van der Waals surface area (Å²) in [6, 6.07) is 0.722. The first-order valence-corrected chi connectivity index (χ1v) is 3.10. The van der Waals surface area contributed by atoms with Crippen LogP contribution in [0.1, 0.15) is 26.2 Å². The quantitative estimate of drug-likeness (QED) is 0.467. The Morgan fingerprint density at radius 1 is 1.71 bits per heavy atom. The molecule has 1 atom stereocenters. The van der Waals surface area contributed by atoms with Gasteiger partial charge in [0.15, 0.2) is 0 Å². The van der Waals surface area contributed by atoms with Crippen molar-refractivity contribution in [1.82, 2.24) is 5.32 Å². The van der Waals surface area contributed by atoms with E-state index in [2.05, 4.69) is 12.2 Å². The van der Waals surface area contributed by atoms with E-state index in [9.17, 15) is 0 Å². The third kappa shape index (κ3) is 1.16. The Morgan fingerprint density at radius 2 is 2.57 bits per heavy atom. The van der Waals surface area contributed by atoms with Crippen molar-refractivity contribution < 1.29 is 0 Å². The van der Waals surface area contributed by atoms with Gasteiger partial charge in [-0.3, -0.25) is 0 Å². The number of rotatable bonds is 1. The summed E-state index contributed by atoms with van der Waals surface area (Å²) in [6.07, 6.45) is 3.93. The van der Waals surface area contributed by atoms with Crippen molar-refractivity contribution in [2.75, 3.05) is 6.54 Å². The Bertz CT molecular complexity index is 46.1. The molecule has 0 aromatic rings. The van der Waals surface area contributed by atoms with Crippen LogP contribution in [0.15, 0.2) is 0 Å². The van der Waals surface area contributed by atoms with Crippen LogP contribution in [0.3, 0.4) is 0 Å². The molecule has 0 N–H and O–H groups in total. The first-order chi connectivity index (χ1) is 3.43. The Balaban J connectivity index is 2.14. The summed E-state index contributed by atoms with van der Waals surface area (Å²) in [4.78, 5) is 0. The molecule has 0 saturated carbocycles. The fraction of sp³-hybridized carbons (Fsp3) is 1.00. The lowest BCUT2D eigenvalue weighted by atomic mass is 10.2. The maximum Gasteiger partial charge on any atom is 0.0243 e. The predicted molar refractivity (Wildman–Crippen MR) is 30.3 cm³/mol. The first kappa shape index (κ1) is 5.10. The maximum atomic E-state index is 4.35. The van der Waals surface area contributed by atoms with Gasteiger partial charge in [0.2, 0.25) is 0 Å². The molecule has 1 heteroatoms. The highest BCUT2D eigenvalue weighted by molar-refractivity contribution is 4.70. The minimum absolute atomic E-state index is 0.722. The molecular formula is C6H12N. The molecule has 1 fully saturated rings. The van der Waals surface area contributed by atoms with Gasteiger partial charge in [0, 0.05) is 12.6 Å². The molecule has 0 spiro atoms. The van der Waals surface area contributed by atoms with Gasteiger partial charge >= 0.3 is 0 Å². The second-order valence-electron chi connectivity index (χ2n) is 2.11. The van der Waals surface area contributed by atoms with Gasteiger partial charge in [-0.2, -0.15) is 0 Å². The zero-order chi connectivity index (χ0) is 5.11. The highest BCUT2D eigenvalue weighted by atomic mass is 14.9. The van der Waals surface area contributed by atoms with Crippen LogP contribution >= 0.6 is 0 Å². The van der Waals surface area contributed by atoms with E-state index in [0.29, 0.717) is 0 Å². The van der Waals surface area contributed by atoms with Gasteiger partial charge in [0.1, 0.15) is 0 Å². The van der Waals surface area contributed by atoms with Crippen molar-refractivity contribution in [1.29, 1.82) is 0 Å². The molecular weight excluding hydrogens is 86.1 g/mol. The molecule has 1 radical (unpaired) electrons. The topological polar surface area (TPSA) is 14.1 Å². The molecule has 1 aliphatic heterocycles. The van der Waals surface area contributed by atoms with Crippen molar-refractivity contribution in [3.63, 3.8) is 0 Å².